The molecule has 0 aliphatic carbocycles. The van der Waals surface area contributed by atoms with Gasteiger partial charge in [0.25, 0.3) is 10.0 Å². The maximum Gasteiger partial charge on any atom is 0.338 e. The molecule has 7 heteroatoms. The number of hydrogen-bond donors (Lipinski definition) is 1. The summed E-state index contributed by atoms with van der Waals surface area (Å²) in [7, 11) is -3.56. The molecule has 98 valence electrons. The molecule has 0 amide bonds. The second kappa shape index (κ2) is 4.36. The van der Waals surface area contributed by atoms with Gasteiger partial charge in [-0.1, -0.05) is 6.07 Å². The molecule has 1 aromatic heterocycles. The minimum atomic E-state index is -3.56. The molecule has 0 bridgehead atoms. The number of nitrogens with one attached hydrogen (secondary N) is 1. The Morgan fingerprint density at radius 3 is 2.84 bits per heavy atom. The number of carbonyl (C=O) groups is 1. The van der Waals surface area contributed by atoms with Crippen molar-refractivity contribution >= 4 is 33.0 Å². The smallest absolute Gasteiger partial charge is 0.338 e. The first-order valence-electron chi connectivity index (χ1n) is 5.43. The highest BCUT2D eigenvalue weighted by atomic mass is 32.2. The highest BCUT2D eigenvalue weighted by Gasteiger charge is 2.22. The Hall–Kier alpha value is -1.86. The first-order valence-corrected chi connectivity index (χ1v) is 7.79. The lowest BCUT2D eigenvalue weighted by Crippen LogP contribution is -2.11. The van der Waals surface area contributed by atoms with Gasteiger partial charge in [-0.3, -0.25) is 4.72 Å². The van der Waals surface area contributed by atoms with Crippen LogP contribution in [0.4, 0.5) is 5.69 Å². The summed E-state index contributed by atoms with van der Waals surface area (Å²) in [6, 6.07) is 7.94. The molecule has 0 saturated carbocycles. The number of anilines is 1. The van der Waals surface area contributed by atoms with Gasteiger partial charge in [-0.2, -0.15) is 0 Å². The third kappa shape index (κ3) is 2.22. The van der Waals surface area contributed by atoms with Crippen molar-refractivity contribution in [1.82, 2.24) is 0 Å². The van der Waals surface area contributed by atoms with Crippen LogP contribution < -0.4 is 4.72 Å². The van der Waals surface area contributed by atoms with Crippen molar-refractivity contribution < 1.29 is 17.9 Å². The minimum Gasteiger partial charge on any atom is -0.457 e. The van der Waals surface area contributed by atoms with Crippen molar-refractivity contribution in [2.45, 2.75) is 10.8 Å². The minimum absolute atomic E-state index is 0.183. The molecule has 1 aliphatic rings. The van der Waals surface area contributed by atoms with Gasteiger partial charge in [-0.15, -0.1) is 11.3 Å². The van der Waals surface area contributed by atoms with Gasteiger partial charge in [0.1, 0.15) is 10.8 Å². The third-order valence-corrected chi connectivity index (χ3v) is 5.47. The maximum absolute atomic E-state index is 12.0. The number of thiophene rings is 1. The van der Waals surface area contributed by atoms with Crippen LogP contribution in [0, 0.1) is 0 Å². The average Bonchev–Trinajstić information content (AvgIpc) is 2.99. The number of rotatable bonds is 3. The summed E-state index contributed by atoms with van der Waals surface area (Å²) in [6.07, 6.45) is 0. The molecule has 3 rings (SSSR count). The molecule has 0 unspecified atom stereocenters. The standard InChI is InChI=1S/C12H9NO4S2/c14-12-10-4-3-9(6-8(10)7-17-12)13-19(15,16)11-2-1-5-18-11/h1-6,13H,7H2. The summed E-state index contributed by atoms with van der Waals surface area (Å²) in [5.74, 6) is -0.373. The second-order valence-corrected chi connectivity index (χ2v) is 6.84. The Balaban J connectivity index is 1.91. The summed E-state index contributed by atoms with van der Waals surface area (Å²) in [4.78, 5) is 11.3. The van der Waals surface area contributed by atoms with E-state index in [1.165, 1.54) is 6.07 Å². The van der Waals surface area contributed by atoms with E-state index in [1.54, 1.807) is 29.6 Å². The van der Waals surface area contributed by atoms with E-state index >= 15 is 0 Å². The molecule has 2 heterocycles. The highest BCUT2D eigenvalue weighted by Crippen LogP contribution is 2.25. The molecule has 2 aromatic rings. The number of esters is 1. The van der Waals surface area contributed by atoms with Crippen molar-refractivity contribution in [2.75, 3.05) is 4.72 Å². The molecule has 0 saturated heterocycles. The van der Waals surface area contributed by atoms with Crippen molar-refractivity contribution in [3.8, 4) is 0 Å². The fraction of sp³-hybridized carbons (Fsp3) is 0.0833. The molecular formula is C12H9NO4S2. The van der Waals surface area contributed by atoms with E-state index in [2.05, 4.69) is 4.72 Å². The number of cyclic esters (lactones) is 1. The second-order valence-electron chi connectivity index (χ2n) is 3.99. The molecule has 1 aromatic carbocycles. The van der Waals surface area contributed by atoms with E-state index in [-0.39, 0.29) is 16.8 Å². The van der Waals surface area contributed by atoms with Crippen molar-refractivity contribution in [2.24, 2.45) is 0 Å². The van der Waals surface area contributed by atoms with Crippen LogP contribution in [-0.4, -0.2) is 14.4 Å². The summed E-state index contributed by atoms with van der Waals surface area (Å²) in [6.45, 7) is 0.183. The molecule has 1 N–H and O–H groups in total. The Morgan fingerprint density at radius 2 is 2.11 bits per heavy atom. The highest BCUT2D eigenvalue weighted by molar-refractivity contribution is 7.94. The fourth-order valence-corrected chi connectivity index (χ4v) is 3.86. The van der Waals surface area contributed by atoms with E-state index in [1.807, 2.05) is 0 Å². The van der Waals surface area contributed by atoms with Gasteiger partial charge in [0.15, 0.2) is 0 Å². The zero-order chi connectivity index (χ0) is 13.5. The van der Waals surface area contributed by atoms with Gasteiger partial charge >= 0.3 is 5.97 Å². The lowest BCUT2D eigenvalue weighted by atomic mass is 10.1. The van der Waals surface area contributed by atoms with Crippen LogP contribution in [0.3, 0.4) is 0 Å². The zero-order valence-corrected chi connectivity index (χ0v) is 11.3. The van der Waals surface area contributed by atoms with E-state index < -0.39 is 10.0 Å². The van der Waals surface area contributed by atoms with E-state index in [0.29, 0.717) is 16.8 Å². The molecule has 0 spiro atoms. The van der Waals surface area contributed by atoms with Crippen molar-refractivity contribution in [1.29, 1.82) is 0 Å². The SMILES string of the molecule is O=C1OCc2cc(NS(=O)(=O)c3cccs3)ccc21. The number of hydrogen-bond acceptors (Lipinski definition) is 5. The number of fused-ring (bicyclic) bond motifs is 1. The largest absolute Gasteiger partial charge is 0.457 e. The quantitative estimate of drug-likeness (QED) is 0.881. The van der Waals surface area contributed by atoms with Crippen LogP contribution in [0.15, 0.2) is 39.9 Å². The fourth-order valence-electron chi connectivity index (χ4n) is 1.82. The molecule has 19 heavy (non-hydrogen) atoms. The summed E-state index contributed by atoms with van der Waals surface area (Å²) in [5, 5.41) is 1.70. The van der Waals surface area contributed by atoms with Gasteiger partial charge in [0, 0.05) is 11.3 Å². The Morgan fingerprint density at radius 1 is 1.26 bits per heavy atom. The van der Waals surface area contributed by atoms with E-state index in [4.69, 9.17) is 4.74 Å². The number of sulfonamides is 1. The predicted octanol–water partition coefficient (Wildman–Crippen LogP) is 2.22. The van der Waals surface area contributed by atoms with Crippen LogP contribution >= 0.6 is 11.3 Å². The van der Waals surface area contributed by atoms with Crippen LogP contribution in [0.5, 0.6) is 0 Å². The number of ether oxygens (including phenoxy) is 1. The lowest BCUT2D eigenvalue weighted by Gasteiger charge is -2.06. The maximum atomic E-state index is 12.0. The van der Waals surface area contributed by atoms with Crippen molar-refractivity contribution in [3.63, 3.8) is 0 Å². The van der Waals surface area contributed by atoms with Gasteiger partial charge in [0.2, 0.25) is 0 Å². The first-order chi connectivity index (χ1) is 9.06. The summed E-state index contributed by atoms with van der Waals surface area (Å²) < 4.78 is 31.7. The van der Waals surface area contributed by atoms with Crippen LogP contribution in [-0.2, 0) is 21.4 Å². The Labute approximate surface area is 113 Å². The molecule has 5 nitrogen and oxygen atoms in total. The lowest BCUT2D eigenvalue weighted by molar-refractivity contribution is 0.0535. The molecule has 1 aliphatic heterocycles. The molecule has 0 atom stereocenters. The van der Waals surface area contributed by atoms with Gasteiger partial charge < -0.3 is 4.74 Å². The van der Waals surface area contributed by atoms with E-state index in [0.717, 1.165) is 11.3 Å². The average molecular weight is 295 g/mol. The number of benzene rings is 1. The van der Waals surface area contributed by atoms with Gasteiger partial charge in [-0.05, 0) is 29.6 Å². The zero-order valence-electron chi connectivity index (χ0n) is 9.62. The third-order valence-electron chi connectivity index (χ3n) is 2.70. The molecular weight excluding hydrogens is 286 g/mol. The Bertz CT molecular complexity index is 735. The van der Waals surface area contributed by atoms with Crippen molar-refractivity contribution in [3.05, 3.63) is 46.8 Å². The molecule has 0 radical (unpaired) electrons. The van der Waals surface area contributed by atoms with Crippen LogP contribution in [0.2, 0.25) is 0 Å². The normalized spacial score (nSPS) is 14.0. The van der Waals surface area contributed by atoms with Crippen LogP contribution in [0.25, 0.3) is 0 Å². The number of carbonyl (C=O) groups excluding carboxylic acids is 1. The van der Waals surface area contributed by atoms with Gasteiger partial charge in [-0.25, -0.2) is 13.2 Å². The topological polar surface area (TPSA) is 72.5 Å². The summed E-state index contributed by atoms with van der Waals surface area (Å²) in [5.41, 5.74) is 1.60. The van der Waals surface area contributed by atoms with Crippen LogP contribution in [0.1, 0.15) is 15.9 Å². The van der Waals surface area contributed by atoms with E-state index in [9.17, 15) is 13.2 Å². The molecule has 0 fully saturated rings. The summed E-state index contributed by atoms with van der Waals surface area (Å²) >= 11 is 1.15. The predicted molar refractivity (Wildman–Crippen MR) is 70.7 cm³/mol. The van der Waals surface area contributed by atoms with Gasteiger partial charge in [0.05, 0.1) is 5.56 Å². The Kier molecular flexibility index (Phi) is 2.79. The first kappa shape index (κ1) is 12.2. The monoisotopic (exact) mass is 295 g/mol.